The van der Waals surface area contributed by atoms with E-state index in [1.807, 2.05) is 6.20 Å². The molecule has 0 saturated heterocycles. The smallest absolute Gasteiger partial charge is 0.236 e. The third-order valence-electron chi connectivity index (χ3n) is 6.31. The number of anilines is 1. The summed E-state index contributed by atoms with van der Waals surface area (Å²) < 4.78 is 1.74. The molecule has 156 valence electrons. The molecule has 2 aromatic heterocycles. The van der Waals surface area contributed by atoms with Crippen molar-refractivity contribution in [2.75, 3.05) is 11.4 Å². The van der Waals surface area contributed by atoms with Gasteiger partial charge in [-0.2, -0.15) is 0 Å². The third-order valence-corrected chi connectivity index (χ3v) is 6.31. The third kappa shape index (κ3) is 3.69. The number of aryl methyl sites for hydroxylation is 1. The molecule has 6 nitrogen and oxygen atoms in total. The van der Waals surface area contributed by atoms with Crippen molar-refractivity contribution in [1.29, 1.82) is 0 Å². The molecular weight excluding hydrogens is 384 g/mol. The van der Waals surface area contributed by atoms with Gasteiger partial charge < -0.3 is 4.90 Å². The van der Waals surface area contributed by atoms with Gasteiger partial charge in [-0.05, 0) is 42.2 Å². The van der Waals surface area contributed by atoms with Gasteiger partial charge in [-0.25, -0.2) is 9.97 Å². The first-order valence-electron chi connectivity index (χ1n) is 10.6. The Hall–Kier alpha value is -3.54. The fourth-order valence-corrected chi connectivity index (χ4v) is 4.17. The van der Waals surface area contributed by atoms with Gasteiger partial charge in [-0.1, -0.05) is 55.8 Å². The van der Waals surface area contributed by atoms with Gasteiger partial charge in [0, 0.05) is 23.8 Å². The average molecular weight is 411 g/mol. The minimum Gasteiger partial charge on any atom is -0.365 e. The zero-order valence-electron chi connectivity index (χ0n) is 18.2. The lowest BCUT2D eigenvalue weighted by molar-refractivity contribution is 0.639. The van der Waals surface area contributed by atoms with Crippen molar-refractivity contribution >= 4 is 5.69 Å². The first-order chi connectivity index (χ1) is 15.0. The second kappa shape index (κ2) is 7.61. The van der Waals surface area contributed by atoms with Crippen molar-refractivity contribution in [2.24, 2.45) is 0 Å². The van der Waals surface area contributed by atoms with Gasteiger partial charge in [0.25, 0.3) is 0 Å². The van der Waals surface area contributed by atoms with E-state index in [0.29, 0.717) is 5.95 Å². The molecule has 1 aliphatic heterocycles. The minimum atomic E-state index is -0.0400. The van der Waals surface area contributed by atoms with Crippen LogP contribution < -0.4 is 4.90 Å². The van der Waals surface area contributed by atoms with Gasteiger partial charge in [0.1, 0.15) is 12.7 Å². The van der Waals surface area contributed by atoms with Crippen molar-refractivity contribution in [3.8, 4) is 5.95 Å². The molecule has 3 heterocycles. The van der Waals surface area contributed by atoms with Crippen molar-refractivity contribution in [2.45, 2.75) is 39.2 Å². The summed E-state index contributed by atoms with van der Waals surface area (Å²) in [6.45, 7) is 8.43. The van der Waals surface area contributed by atoms with E-state index in [-0.39, 0.29) is 5.41 Å². The molecule has 31 heavy (non-hydrogen) atoms. The monoisotopic (exact) mass is 410 g/mol. The van der Waals surface area contributed by atoms with Crippen molar-refractivity contribution < 1.29 is 0 Å². The fourth-order valence-electron chi connectivity index (χ4n) is 4.17. The summed E-state index contributed by atoms with van der Waals surface area (Å²) in [5.41, 5.74) is 7.39. The van der Waals surface area contributed by atoms with Gasteiger partial charge in [-0.3, -0.25) is 4.57 Å². The quantitative estimate of drug-likeness (QED) is 0.503. The number of benzene rings is 2. The number of nitrogens with zero attached hydrogens (tertiary/aromatic N) is 6. The van der Waals surface area contributed by atoms with E-state index in [1.54, 1.807) is 17.2 Å². The van der Waals surface area contributed by atoms with E-state index in [4.69, 9.17) is 4.98 Å². The maximum Gasteiger partial charge on any atom is 0.236 e. The predicted octanol–water partition coefficient (Wildman–Crippen LogP) is 4.25. The molecule has 0 aliphatic carbocycles. The summed E-state index contributed by atoms with van der Waals surface area (Å²) >= 11 is 0. The SMILES string of the molecule is Cc1ccc(C(C)(C)c2ccc(N3CCc4cnc(-n5cnnc5)nc4C3)cc2)cc1. The molecule has 0 fully saturated rings. The van der Waals surface area contributed by atoms with Crippen LogP contribution in [-0.2, 0) is 18.4 Å². The Labute approximate surface area is 182 Å². The molecule has 0 bridgehead atoms. The predicted molar refractivity (Wildman–Crippen MR) is 121 cm³/mol. The van der Waals surface area contributed by atoms with Crippen LogP contribution in [0.3, 0.4) is 0 Å². The molecule has 6 heteroatoms. The Morgan fingerprint density at radius 1 is 0.871 bits per heavy atom. The van der Waals surface area contributed by atoms with Gasteiger partial charge in [0.05, 0.1) is 12.2 Å². The number of aromatic nitrogens is 5. The van der Waals surface area contributed by atoms with Gasteiger partial charge in [-0.15, -0.1) is 10.2 Å². The van der Waals surface area contributed by atoms with Gasteiger partial charge in [0.2, 0.25) is 5.95 Å². The molecule has 5 rings (SSSR count). The lowest BCUT2D eigenvalue weighted by atomic mass is 9.78. The molecule has 0 saturated carbocycles. The molecule has 0 radical (unpaired) electrons. The maximum absolute atomic E-state index is 4.77. The van der Waals surface area contributed by atoms with E-state index >= 15 is 0 Å². The zero-order valence-corrected chi connectivity index (χ0v) is 18.2. The summed E-state index contributed by atoms with van der Waals surface area (Å²) in [6.07, 6.45) is 6.12. The normalized spacial score (nSPS) is 13.8. The Kier molecular flexibility index (Phi) is 4.77. The van der Waals surface area contributed by atoms with Crippen LogP contribution in [-0.4, -0.2) is 31.3 Å². The molecule has 1 aliphatic rings. The summed E-state index contributed by atoms with van der Waals surface area (Å²) in [4.78, 5) is 11.6. The second-order valence-electron chi connectivity index (χ2n) is 8.72. The van der Waals surface area contributed by atoms with Crippen LogP contribution in [0.1, 0.15) is 41.8 Å². The maximum atomic E-state index is 4.77. The number of rotatable bonds is 4. The van der Waals surface area contributed by atoms with Gasteiger partial charge >= 0.3 is 0 Å². The molecule has 0 atom stereocenters. The van der Waals surface area contributed by atoms with Gasteiger partial charge in [0.15, 0.2) is 0 Å². The lowest BCUT2D eigenvalue weighted by Gasteiger charge is -2.31. The number of fused-ring (bicyclic) bond motifs is 1. The fraction of sp³-hybridized carbons (Fsp3) is 0.280. The Bertz CT molecular complexity index is 1180. The van der Waals surface area contributed by atoms with Crippen molar-refractivity contribution in [1.82, 2.24) is 24.7 Å². The van der Waals surface area contributed by atoms with E-state index < -0.39 is 0 Å². The van der Waals surface area contributed by atoms with E-state index in [2.05, 4.69) is 89.4 Å². The Balaban J connectivity index is 1.37. The van der Waals surface area contributed by atoms with Crippen LogP contribution in [0.25, 0.3) is 5.95 Å². The number of hydrogen-bond acceptors (Lipinski definition) is 5. The largest absolute Gasteiger partial charge is 0.365 e. The van der Waals surface area contributed by atoms with Crippen molar-refractivity contribution in [3.05, 3.63) is 95.3 Å². The lowest BCUT2D eigenvalue weighted by Crippen LogP contribution is -2.31. The summed E-state index contributed by atoms with van der Waals surface area (Å²) in [5.74, 6) is 0.612. The van der Waals surface area contributed by atoms with Crippen LogP contribution in [0.4, 0.5) is 5.69 Å². The molecule has 4 aromatic rings. The molecule has 2 aromatic carbocycles. The highest BCUT2D eigenvalue weighted by Crippen LogP contribution is 2.33. The molecule has 0 unspecified atom stereocenters. The summed E-state index contributed by atoms with van der Waals surface area (Å²) in [5, 5.41) is 7.70. The van der Waals surface area contributed by atoms with Crippen LogP contribution in [0.15, 0.2) is 67.4 Å². The highest BCUT2D eigenvalue weighted by Gasteiger charge is 2.24. The average Bonchev–Trinajstić information content (AvgIpc) is 3.34. The molecule has 0 spiro atoms. The topological polar surface area (TPSA) is 59.7 Å². The Morgan fingerprint density at radius 2 is 1.52 bits per heavy atom. The molecule has 0 N–H and O–H groups in total. The van der Waals surface area contributed by atoms with E-state index in [1.165, 1.54) is 27.9 Å². The second-order valence-corrected chi connectivity index (χ2v) is 8.72. The van der Waals surface area contributed by atoms with E-state index in [0.717, 1.165) is 25.2 Å². The highest BCUT2D eigenvalue weighted by atomic mass is 15.3. The van der Waals surface area contributed by atoms with E-state index in [9.17, 15) is 0 Å². The summed E-state index contributed by atoms with van der Waals surface area (Å²) in [6, 6.07) is 17.8. The highest BCUT2D eigenvalue weighted by molar-refractivity contribution is 5.52. The van der Waals surface area contributed by atoms with Crippen LogP contribution >= 0.6 is 0 Å². The van der Waals surface area contributed by atoms with Crippen molar-refractivity contribution in [3.63, 3.8) is 0 Å². The van der Waals surface area contributed by atoms with Crippen LogP contribution in [0.2, 0.25) is 0 Å². The first kappa shape index (κ1) is 19.4. The Morgan fingerprint density at radius 3 is 2.19 bits per heavy atom. The standard InChI is InChI=1S/C25H26N6/c1-18-4-6-20(7-5-18)25(2,3)21-8-10-22(11-9-21)30-13-12-19-14-26-24(29-23(19)15-30)31-16-27-28-17-31/h4-11,14,16-17H,12-13,15H2,1-3H3. The molecular formula is C25H26N6. The number of hydrogen-bond donors (Lipinski definition) is 0. The zero-order chi connectivity index (χ0) is 21.4. The van der Waals surface area contributed by atoms with Crippen LogP contribution in [0, 0.1) is 6.92 Å². The summed E-state index contributed by atoms with van der Waals surface area (Å²) in [7, 11) is 0. The first-order valence-corrected chi connectivity index (χ1v) is 10.6. The molecule has 0 amide bonds. The van der Waals surface area contributed by atoms with Crippen LogP contribution in [0.5, 0.6) is 0 Å². The minimum absolute atomic E-state index is 0.0400.